The molecule has 6 heteroatoms. The van der Waals surface area contributed by atoms with E-state index >= 15 is 0 Å². The van der Waals surface area contributed by atoms with Crippen LogP contribution in [-0.2, 0) is 10.2 Å². The smallest absolute Gasteiger partial charge is 0.279 e. The van der Waals surface area contributed by atoms with Crippen molar-refractivity contribution in [2.45, 2.75) is 58.5 Å². The van der Waals surface area contributed by atoms with Crippen molar-refractivity contribution in [2.24, 2.45) is 11.7 Å². The Balaban J connectivity index is 2.64. The number of hydrogen-bond acceptors (Lipinski definition) is 3. The van der Waals surface area contributed by atoms with Gasteiger partial charge in [-0.1, -0.05) is 20.8 Å². The quantitative estimate of drug-likeness (QED) is 0.762. The Morgan fingerprint density at radius 2 is 1.83 bits per heavy atom. The normalized spacial score (nSPS) is 25.9. The summed E-state index contributed by atoms with van der Waals surface area (Å²) in [7, 11) is -3.34. The first-order chi connectivity index (χ1) is 8.36. The van der Waals surface area contributed by atoms with Crippen LogP contribution < -0.4 is 10.5 Å². The summed E-state index contributed by atoms with van der Waals surface area (Å²) in [6, 6.07) is 0.353. The maximum Gasteiger partial charge on any atom is 0.279 e. The Kier molecular flexibility index (Phi) is 6.04. The standard InChI is InChI=1S/C12H27N3O2S/c1-4-15(12-7-5-11(13)6-8-12)18(16,17)14-9-10(2)3/h10-12,14H,4-9,13H2,1-3H3. The molecule has 0 bridgehead atoms. The number of nitrogens with zero attached hydrogens (tertiary/aromatic N) is 1. The van der Waals surface area contributed by atoms with Gasteiger partial charge in [-0.3, -0.25) is 0 Å². The minimum absolute atomic E-state index is 0.111. The lowest BCUT2D eigenvalue weighted by molar-refractivity contribution is 0.244. The molecule has 1 aliphatic rings. The molecule has 5 nitrogen and oxygen atoms in total. The fraction of sp³-hybridized carbons (Fsp3) is 1.00. The van der Waals surface area contributed by atoms with E-state index in [9.17, 15) is 8.42 Å². The summed E-state index contributed by atoms with van der Waals surface area (Å²) in [6.45, 7) is 6.90. The summed E-state index contributed by atoms with van der Waals surface area (Å²) in [5.74, 6) is 0.318. The molecular weight excluding hydrogens is 250 g/mol. The van der Waals surface area contributed by atoms with Crippen molar-refractivity contribution >= 4 is 10.2 Å². The van der Waals surface area contributed by atoms with Crippen molar-refractivity contribution in [3.05, 3.63) is 0 Å². The van der Waals surface area contributed by atoms with Gasteiger partial charge in [0.2, 0.25) is 0 Å². The highest BCUT2D eigenvalue weighted by molar-refractivity contribution is 7.87. The molecule has 0 spiro atoms. The highest BCUT2D eigenvalue weighted by Crippen LogP contribution is 2.23. The predicted octanol–water partition coefficient (Wildman–Crippen LogP) is 1.07. The Morgan fingerprint density at radius 3 is 2.28 bits per heavy atom. The van der Waals surface area contributed by atoms with Crippen LogP contribution in [0.15, 0.2) is 0 Å². The zero-order valence-corrected chi connectivity index (χ0v) is 12.5. The molecule has 1 saturated carbocycles. The minimum atomic E-state index is -3.34. The monoisotopic (exact) mass is 277 g/mol. The maximum atomic E-state index is 12.2. The zero-order valence-electron chi connectivity index (χ0n) is 11.7. The molecule has 0 aliphatic heterocycles. The molecule has 0 aromatic rings. The maximum absolute atomic E-state index is 12.2. The zero-order chi connectivity index (χ0) is 13.8. The third-order valence-electron chi connectivity index (χ3n) is 3.44. The molecule has 1 aliphatic carbocycles. The first-order valence-corrected chi connectivity index (χ1v) is 8.32. The molecule has 1 rings (SSSR count). The molecule has 1 fully saturated rings. The number of hydrogen-bond donors (Lipinski definition) is 2. The lowest BCUT2D eigenvalue weighted by atomic mass is 9.92. The van der Waals surface area contributed by atoms with E-state index in [2.05, 4.69) is 4.72 Å². The number of nitrogens with two attached hydrogens (primary N) is 1. The Morgan fingerprint density at radius 1 is 1.28 bits per heavy atom. The van der Waals surface area contributed by atoms with Crippen molar-refractivity contribution in [2.75, 3.05) is 13.1 Å². The SMILES string of the molecule is CCN(C1CCC(N)CC1)S(=O)(=O)NCC(C)C. The summed E-state index contributed by atoms with van der Waals surface area (Å²) >= 11 is 0. The first kappa shape index (κ1) is 15.9. The van der Waals surface area contributed by atoms with Crippen molar-refractivity contribution in [1.82, 2.24) is 9.03 Å². The van der Waals surface area contributed by atoms with Crippen molar-refractivity contribution in [3.8, 4) is 0 Å². The van der Waals surface area contributed by atoms with Gasteiger partial charge in [-0.2, -0.15) is 12.7 Å². The summed E-state index contributed by atoms with van der Waals surface area (Å²) < 4.78 is 28.7. The second-order valence-electron chi connectivity index (χ2n) is 5.52. The van der Waals surface area contributed by atoms with Gasteiger partial charge in [0.25, 0.3) is 10.2 Å². The van der Waals surface area contributed by atoms with Gasteiger partial charge >= 0.3 is 0 Å². The van der Waals surface area contributed by atoms with Crippen LogP contribution in [0.1, 0.15) is 46.5 Å². The van der Waals surface area contributed by atoms with Gasteiger partial charge in [-0.15, -0.1) is 0 Å². The molecular formula is C12H27N3O2S. The van der Waals surface area contributed by atoms with E-state index < -0.39 is 10.2 Å². The van der Waals surface area contributed by atoms with E-state index in [4.69, 9.17) is 5.73 Å². The van der Waals surface area contributed by atoms with E-state index in [1.165, 1.54) is 0 Å². The molecule has 0 atom stereocenters. The van der Waals surface area contributed by atoms with Crippen LogP contribution >= 0.6 is 0 Å². The van der Waals surface area contributed by atoms with E-state index in [-0.39, 0.29) is 12.1 Å². The lowest BCUT2D eigenvalue weighted by Crippen LogP contribution is -2.49. The van der Waals surface area contributed by atoms with Gasteiger partial charge in [0.05, 0.1) is 0 Å². The van der Waals surface area contributed by atoms with E-state index in [0.29, 0.717) is 19.0 Å². The molecule has 0 unspecified atom stereocenters. The molecule has 108 valence electrons. The molecule has 3 N–H and O–H groups in total. The fourth-order valence-electron chi connectivity index (χ4n) is 2.37. The van der Waals surface area contributed by atoms with Crippen LogP contribution in [0, 0.1) is 5.92 Å². The summed E-state index contributed by atoms with van der Waals surface area (Å²) in [6.07, 6.45) is 3.58. The van der Waals surface area contributed by atoms with Gasteiger partial charge in [-0.25, -0.2) is 4.72 Å². The topological polar surface area (TPSA) is 75.4 Å². The second kappa shape index (κ2) is 6.84. The highest BCUT2D eigenvalue weighted by Gasteiger charge is 2.31. The third kappa shape index (κ3) is 4.50. The summed E-state index contributed by atoms with van der Waals surface area (Å²) in [5, 5.41) is 0. The largest absolute Gasteiger partial charge is 0.328 e. The molecule has 18 heavy (non-hydrogen) atoms. The minimum Gasteiger partial charge on any atom is -0.328 e. The van der Waals surface area contributed by atoms with Crippen LogP contribution in [0.2, 0.25) is 0 Å². The summed E-state index contributed by atoms with van der Waals surface area (Å²) in [4.78, 5) is 0. The molecule has 0 amide bonds. The average molecular weight is 277 g/mol. The van der Waals surface area contributed by atoms with Crippen LogP contribution in [0.5, 0.6) is 0 Å². The van der Waals surface area contributed by atoms with Gasteiger partial charge in [0, 0.05) is 25.2 Å². The van der Waals surface area contributed by atoms with Crippen LogP contribution in [-0.4, -0.2) is 37.9 Å². The van der Waals surface area contributed by atoms with Gasteiger partial charge in [-0.05, 0) is 31.6 Å². The van der Waals surface area contributed by atoms with E-state index in [0.717, 1.165) is 25.7 Å². The number of rotatable bonds is 6. The van der Waals surface area contributed by atoms with Gasteiger partial charge in [0.15, 0.2) is 0 Å². The van der Waals surface area contributed by atoms with Gasteiger partial charge in [0.1, 0.15) is 0 Å². The predicted molar refractivity (Wildman–Crippen MR) is 74.4 cm³/mol. The van der Waals surface area contributed by atoms with E-state index in [1.54, 1.807) is 4.31 Å². The molecule has 0 radical (unpaired) electrons. The Labute approximate surface area is 111 Å². The van der Waals surface area contributed by atoms with Crippen molar-refractivity contribution in [3.63, 3.8) is 0 Å². The highest BCUT2D eigenvalue weighted by atomic mass is 32.2. The fourth-order valence-corrected chi connectivity index (χ4v) is 4.02. The second-order valence-corrected chi connectivity index (χ2v) is 7.23. The average Bonchev–Trinajstić information content (AvgIpc) is 2.30. The van der Waals surface area contributed by atoms with Crippen LogP contribution in [0.4, 0.5) is 0 Å². The Hall–Kier alpha value is -0.170. The summed E-state index contributed by atoms with van der Waals surface area (Å²) in [5.41, 5.74) is 5.86. The molecule has 0 aromatic carbocycles. The Bertz CT molecular complexity index is 335. The van der Waals surface area contributed by atoms with Crippen molar-refractivity contribution in [1.29, 1.82) is 0 Å². The molecule has 0 aromatic heterocycles. The molecule has 0 heterocycles. The van der Waals surface area contributed by atoms with Crippen LogP contribution in [0.25, 0.3) is 0 Å². The van der Waals surface area contributed by atoms with E-state index in [1.807, 2.05) is 20.8 Å². The van der Waals surface area contributed by atoms with Gasteiger partial charge < -0.3 is 5.73 Å². The van der Waals surface area contributed by atoms with Crippen molar-refractivity contribution < 1.29 is 8.42 Å². The molecule has 0 saturated heterocycles. The number of nitrogens with one attached hydrogen (secondary N) is 1. The third-order valence-corrected chi connectivity index (χ3v) is 5.15. The first-order valence-electron chi connectivity index (χ1n) is 6.88. The lowest BCUT2D eigenvalue weighted by Gasteiger charge is -2.34. The van der Waals surface area contributed by atoms with Crippen LogP contribution in [0.3, 0.4) is 0 Å².